The van der Waals surface area contributed by atoms with Gasteiger partial charge in [0.15, 0.2) is 0 Å². The SMILES string of the molecule is O=C(CC1CCN[C@@H]2[C@@H](CCC[C@H]2N2CCCC2)CC1)OCc1ccccc1. The molecule has 0 aromatic heterocycles. The van der Waals surface area contributed by atoms with E-state index in [1.165, 1.54) is 58.0 Å². The lowest BCUT2D eigenvalue weighted by molar-refractivity contribution is -0.146. The van der Waals surface area contributed by atoms with Crippen LogP contribution in [0.5, 0.6) is 0 Å². The number of likely N-dealkylation sites (tertiary alicyclic amines) is 1. The molecule has 1 saturated carbocycles. The van der Waals surface area contributed by atoms with E-state index in [9.17, 15) is 4.79 Å². The number of nitrogens with zero attached hydrogens (tertiary/aromatic N) is 1. The van der Waals surface area contributed by atoms with Crippen LogP contribution < -0.4 is 5.32 Å². The van der Waals surface area contributed by atoms with E-state index >= 15 is 0 Å². The number of carbonyl (C=O) groups is 1. The molecule has 1 N–H and O–H groups in total. The zero-order valence-corrected chi connectivity index (χ0v) is 17.2. The van der Waals surface area contributed by atoms with Gasteiger partial charge in [-0.1, -0.05) is 36.8 Å². The van der Waals surface area contributed by atoms with Crippen molar-refractivity contribution in [3.8, 4) is 0 Å². The van der Waals surface area contributed by atoms with Gasteiger partial charge in [0, 0.05) is 18.5 Å². The third-order valence-electron chi connectivity index (χ3n) is 7.18. The van der Waals surface area contributed by atoms with E-state index in [-0.39, 0.29) is 5.97 Å². The largest absolute Gasteiger partial charge is 0.461 e. The Labute approximate surface area is 170 Å². The normalized spacial score (nSPS) is 31.6. The second kappa shape index (κ2) is 9.89. The summed E-state index contributed by atoms with van der Waals surface area (Å²) in [6.45, 7) is 4.03. The van der Waals surface area contributed by atoms with Gasteiger partial charge in [0.25, 0.3) is 0 Å². The predicted octanol–water partition coefficient (Wildman–Crippen LogP) is 4.14. The first kappa shape index (κ1) is 19.9. The van der Waals surface area contributed by atoms with Gasteiger partial charge in [0.1, 0.15) is 6.61 Å². The fourth-order valence-corrected chi connectivity index (χ4v) is 5.66. The molecule has 154 valence electrons. The van der Waals surface area contributed by atoms with E-state index in [1.807, 2.05) is 30.3 Å². The molecular weight excluding hydrogens is 348 g/mol. The molecule has 1 unspecified atom stereocenters. The number of fused-ring (bicyclic) bond motifs is 1. The molecule has 4 rings (SSSR count). The molecule has 4 heteroatoms. The maximum Gasteiger partial charge on any atom is 0.306 e. The van der Waals surface area contributed by atoms with Crippen molar-refractivity contribution in [2.24, 2.45) is 11.8 Å². The molecule has 0 radical (unpaired) electrons. The molecule has 2 saturated heterocycles. The van der Waals surface area contributed by atoms with Gasteiger partial charge in [-0.25, -0.2) is 0 Å². The van der Waals surface area contributed by atoms with Gasteiger partial charge < -0.3 is 10.1 Å². The number of ether oxygens (including phenoxy) is 1. The van der Waals surface area contributed by atoms with E-state index in [0.717, 1.165) is 30.5 Å². The predicted molar refractivity (Wildman–Crippen MR) is 112 cm³/mol. The molecule has 28 heavy (non-hydrogen) atoms. The molecule has 2 heterocycles. The van der Waals surface area contributed by atoms with Crippen molar-refractivity contribution in [2.45, 2.75) is 76.5 Å². The van der Waals surface area contributed by atoms with Crippen molar-refractivity contribution in [3.05, 3.63) is 35.9 Å². The minimum absolute atomic E-state index is 0.0374. The van der Waals surface area contributed by atoms with Crippen molar-refractivity contribution >= 4 is 5.97 Å². The number of benzene rings is 1. The Bertz CT molecular complexity index is 614. The molecule has 0 spiro atoms. The van der Waals surface area contributed by atoms with Gasteiger partial charge in [-0.15, -0.1) is 0 Å². The summed E-state index contributed by atoms with van der Waals surface area (Å²) >= 11 is 0. The van der Waals surface area contributed by atoms with Crippen LogP contribution in [0, 0.1) is 11.8 Å². The van der Waals surface area contributed by atoms with Crippen LogP contribution in [0.15, 0.2) is 30.3 Å². The second-order valence-electron chi connectivity index (χ2n) is 9.06. The molecule has 3 fully saturated rings. The number of hydrogen-bond donors (Lipinski definition) is 1. The number of rotatable bonds is 5. The topological polar surface area (TPSA) is 41.6 Å². The number of carbonyl (C=O) groups excluding carboxylic acids is 1. The molecule has 1 aromatic rings. The van der Waals surface area contributed by atoms with Crippen molar-refractivity contribution in [2.75, 3.05) is 19.6 Å². The molecule has 1 aliphatic carbocycles. The first-order chi connectivity index (χ1) is 13.8. The zero-order valence-electron chi connectivity index (χ0n) is 17.2. The average molecular weight is 385 g/mol. The van der Waals surface area contributed by atoms with Crippen molar-refractivity contribution in [3.63, 3.8) is 0 Å². The maximum atomic E-state index is 12.3. The molecule has 2 aliphatic heterocycles. The lowest BCUT2D eigenvalue weighted by Gasteiger charge is -2.45. The summed E-state index contributed by atoms with van der Waals surface area (Å²) in [7, 11) is 0. The summed E-state index contributed by atoms with van der Waals surface area (Å²) in [4.78, 5) is 15.1. The first-order valence-electron chi connectivity index (χ1n) is 11.5. The van der Waals surface area contributed by atoms with Crippen LogP contribution in [-0.4, -0.2) is 42.6 Å². The van der Waals surface area contributed by atoms with E-state index in [4.69, 9.17) is 4.74 Å². The van der Waals surface area contributed by atoms with Crippen LogP contribution in [0.1, 0.15) is 63.4 Å². The standard InChI is InChI=1S/C24H36N2O2/c27-23(28-18-20-7-2-1-3-8-20)17-19-11-12-21-9-6-10-22(24(21)25-14-13-19)26-15-4-5-16-26/h1-3,7-8,19,21-22,24-25H,4-6,9-18H2/t19?,21-,22+,24+/m0/s1. The number of esters is 1. The number of hydrogen-bond acceptors (Lipinski definition) is 4. The minimum Gasteiger partial charge on any atom is -0.461 e. The van der Waals surface area contributed by atoms with Crippen LogP contribution in [0.3, 0.4) is 0 Å². The molecule has 0 bridgehead atoms. The number of nitrogens with one attached hydrogen (secondary N) is 1. The van der Waals surface area contributed by atoms with Crippen molar-refractivity contribution in [1.29, 1.82) is 0 Å². The van der Waals surface area contributed by atoms with Crippen molar-refractivity contribution in [1.82, 2.24) is 10.2 Å². The molecular formula is C24H36N2O2. The summed E-state index contributed by atoms with van der Waals surface area (Å²) in [5, 5.41) is 3.92. The minimum atomic E-state index is -0.0374. The maximum absolute atomic E-state index is 12.3. The highest BCUT2D eigenvalue weighted by atomic mass is 16.5. The Hall–Kier alpha value is -1.39. The van der Waals surface area contributed by atoms with E-state index in [1.54, 1.807) is 0 Å². The lowest BCUT2D eigenvalue weighted by atomic mass is 9.75. The fourth-order valence-electron chi connectivity index (χ4n) is 5.66. The second-order valence-corrected chi connectivity index (χ2v) is 9.06. The van der Waals surface area contributed by atoms with Gasteiger partial charge in [-0.3, -0.25) is 9.69 Å². The zero-order chi connectivity index (χ0) is 19.2. The molecule has 4 nitrogen and oxygen atoms in total. The highest BCUT2D eigenvalue weighted by Gasteiger charge is 2.38. The Balaban J connectivity index is 1.26. The lowest BCUT2D eigenvalue weighted by Crippen LogP contribution is -2.55. The van der Waals surface area contributed by atoms with Crippen LogP contribution in [0.2, 0.25) is 0 Å². The van der Waals surface area contributed by atoms with Gasteiger partial charge in [-0.2, -0.15) is 0 Å². The molecule has 1 aromatic carbocycles. The summed E-state index contributed by atoms with van der Waals surface area (Å²) in [5.74, 6) is 1.20. The van der Waals surface area contributed by atoms with E-state index < -0.39 is 0 Å². The summed E-state index contributed by atoms with van der Waals surface area (Å²) < 4.78 is 5.53. The summed E-state index contributed by atoms with van der Waals surface area (Å²) in [6, 6.07) is 11.4. The quantitative estimate of drug-likeness (QED) is 0.775. The summed E-state index contributed by atoms with van der Waals surface area (Å²) in [5.41, 5.74) is 1.06. The van der Waals surface area contributed by atoms with Crippen LogP contribution in [-0.2, 0) is 16.1 Å². The van der Waals surface area contributed by atoms with Crippen molar-refractivity contribution < 1.29 is 9.53 Å². The van der Waals surface area contributed by atoms with Crippen LogP contribution in [0.25, 0.3) is 0 Å². The summed E-state index contributed by atoms with van der Waals surface area (Å²) in [6.07, 6.45) is 10.9. The van der Waals surface area contributed by atoms with E-state index in [2.05, 4.69) is 10.2 Å². The Morgan fingerprint density at radius 3 is 2.64 bits per heavy atom. The monoisotopic (exact) mass is 384 g/mol. The van der Waals surface area contributed by atoms with E-state index in [0.29, 0.717) is 25.0 Å². The third kappa shape index (κ3) is 5.15. The van der Waals surface area contributed by atoms with Crippen LogP contribution in [0.4, 0.5) is 0 Å². The molecule has 4 atom stereocenters. The highest BCUT2D eigenvalue weighted by molar-refractivity contribution is 5.69. The third-order valence-corrected chi connectivity index (χ3v) is 7.18. The van der Waals surface area contributed by atoms with Gasteiger partial charge in [0.2, 0.25) is 0 Å². The average Bonchev–Trinajstić information content (AvgIpc) is 3.24. The fraction of sp³-hybridized carbons (Fsp3) is 0.708. The highest BCUT2D eigenvalue weighted by Crippen LogP contribution is 2.35. The first-order valence-corrected chi connectivity index (χ1v) is 11.5. The van der Waals surface area contributed by atoms with Gasteiger partial charge >= 0.3 is 5.97 Å². The molecule has 3 aliphatic rings. The Morgan fingerprint density at radius 2 is 1.82 bits per heavy atom. The smallest absolute Gasteiger partial charge is 0.306 e. The van der Waals surface area contributed by atoms with Gasteiger partial charge in [0.05, 0.1) is 0 Å². The van der Waals surface area contributed by atoms with Crippen LogP contribution >= 0.6 is 0 Å². The molecule has 0 amide bonds. The van der Waals surface area contributed by atoms with Gasteiger partial charge in [-0.05, 0) is 82.0 Å². The Morgan fingerprint density at radius 1 is 1.00 bits per heavy atom. The Kier molecular flexibility index (Phi) is 7.03.